The van der Waals surface area contributed by atoms with Gasteiger partial charge in [0.1, 0.15) is 0 Å². The quantitative estimate of drug-likeness (QED) is 0.665. The summed E-state index contributed by atoms with van der Waals surface area (Å²) in [6.45, 7) is 3.78. The average molecular weight is 286 g/mol. The molecule has 1 aliphatic rings. The molecule has 0 bridgehead atoms. The molecular formula is C12H22N4O2S. The van der Waals surface area contributed by atoms with Gasteiger partial charge in [-0.05, 0) is 18.9 Å². The van der Waals surface area contributed by atoms with Crippen molar-refractivity contribution in [3.8, 4) is 0 Å². The lowest BCUT2D eigenvalue weighted by Gasteiger charge is -2.25. The highest BCUT2D eigenvalue weighted by Crippen LogP contribution is 2.28. The Hall–Kier alpha value is -0.920. The van der Waals surface area contributed by atoms with E-state index in [9.17, 15) is 8.42 Å². The van der Waals surface area contributed by atoms with Gasteiger partial charge in [0.15, 0.2) is 5.03 Å². The molecule has 0 radical (unpaired) electrons. The van der Waals surface area contributed by atoms with Crippen LogP contribution in [0.25, 0.3) is 0 Å². The number of sulfonamides is 1. The van der Waals surface area contributed by atoms with Gasteiger partial charge in [0.2, 0.25) is 0 Å². The lowest BCUT2D eigenvalue weighted by atomic mass is 9.83. The molecule has 2 rings (SSSR count). The first kappa shape index (κ1) is 14.5. The molecule has 0 saturated heterocycles. The zero-order valence-electron chi connectivity index (χ0n) is 11.3. The van der Waals surface area contributed by atoms with Crippen molar-refractivity contribution < 1.29 is 8.42 Å². The molecule has 1 aromatic heterocycles. The minimum Gasteiger partial charge on any atom is -0.313 e. The zero-order chi connectivity index (χ0) is 13.7. The Morgan fingerprint density at radius 3 is 2.89 bits per heavy atom. The number of rotatable bonds is 8. The smallest absolute Gasteiger partial charge is 0.257 e. The summed E-state index contributed by atoms with van der Waals surface area (Å²) < 4.78 is 27.0. The van der Waals surface area contributed by atoms with Crippen LogP contribution in [0.4, 0.5) is 0 Å². The van der Waals surface area contributed by atoms with E-state index < -0.39 is 10.0 Å². The molecule has 1 aliphatic carbocycles. The normalized spacial score (nSPS) is 16.5. The molecular weight excluding hydrogens is 264 g/mol. The maximum atomic E-state index is 12.2. The van der Waals surface area contributed by atoms with Crippen molar-refractivity contribution in [2.45, 2.75) is 44.2 Å². The van der Waals surface area contributed by atoms with Crippen molar-refractivity contribution in [1.82, 2.24) is 20.2 Å². The molecule has 7 heteroatoms. The van der Waals surface area contributed by atoms with E-state index in [0.29, 0.717) is 24.6 Å². The minimum absolute atomic E-state index is 0.182. The third-order valence-corrected chi connectivity index (χ3v) is 5.06. The van der Waals surface area contributed by atoms with E-state index in [0.717, 1.165) is 13.0 Å². The van der Waals surface area contributed by atoms with Crippen molar-refractivity contribution >= 4 is 10.0 Å². The highest BCUT2D eigenvalue weighted by atomic mass is 32.2. The van der Waals surface area contributed by atoms with Gasteiger partial charge in [-0.3, -0.25) is 5.10 Å². The van der Waals surface area contributed by atoms with Crippen LogP contribution in [-0.2, 0) is 16.6 Å². The lowest BCUT2D eigenvalue weighted by Crippen LogP contribution is -2.29. The van der Waals surface area contributed by atoms with Gasteiger partial charge in [0, 0.05) is 18.7 Å². The second-order valence-corrected chi connectivity index (χ2v) is 6.69. The summed E-state index contributed by atoms with van der Waals surface area (Å²) in [5.74, 6) is 0.700. The van der Waals surface area contributed by atoms with Crippen molar-refractivity contribution in [3.05, 3.63) is 11.8 Å². The topological polar surface area (TPSA) is 86.9 Å². The summed E-state index contributed by atoms with van der Waals surface area (Å²) in [6.07, 6.45) is 6.23. The summed E-state index contributed by atoms with van der Waals surface area (Å²) in [7, 11) is -3.47. The third-order valence-electron chi connectivity index (χ3n) is 3.58. The van der Waals surface area contributed by atoms with E-state index in [2.05, 4.69) is 20.2 Å². The van der Waals surface area contributed by atoms with Crippen LogP contribution in [-0.4, -0.2) is 31.7 Å². The molecule has 0 unspecified atom stereocenters. The highest BCUT2D eigenvalue weighted by Gasteiger charge is 2.22. The first-order chi connectivity index (χ1) is 9.13. The Bertz CT molecular complexity index is 494. The molecule has 0 spiro atoms. The predicted octanol–water partition coefficient (Wildman–Crippen LogP) is 0.988. The molecule has 0 atom stereocenters. The third kappa shape index (κ3) is 3.77. The fourth-order valence-electron chi connectivity index (χ4n) is 2.17. The number of nitrogens with one attached hydrogen (secondary N) is 3. The number of hydrogen-bond acceptors (Lipinski definition) is 4. The van der Waals surface area contributed by atoms with Gasteiger partial charge in [-0.25, -0.2) is 13.1 Å². The molecule has 1 aromatic rings. The van der Waals surface area contributed by atoms with Crippen molar-refractivity contribution in [3.63, 3.8) is 0 Å². The van der Waals surface area contributed by atoms with Crippen molar-refractivity contribution in [2.75, 3.05) is 13.1 Å². The number of nitrogens with zero attached hydrogens (tertiary/aromatic N) is 1. The fraction of sp³-hybridized carbons (Fsp3) is 0.750. The summed E-state index contributed by atoms with van der Waals surface area (Å²) in [6, 6.07) is 0. The standard InChI is InChI=1S/C12H22N4O2S/c1-2-13-8-11-9-14-16-12(11)19(17,18)15-7-6-10-4-3-5-10/h9-10,13,15H,2-8H2,1H3,(H,14,16). The maximum Gasteiger partial charge on any atom is 0.257 e. The number of hydrogen-bond donors (Lipinski definition) is 3. The highest BCUT2D eigenvalue weighted by molar-refractivity contribution is 7.89. The van der Waals surface area contributed by atoms with Gasteiger partial charge in [0.25, 0.3) is 10.0 Å². The largest absolute Gasteiger partial charge is 0.313 e. The Morgan fingerprint density at radius 2 is 2.26 bits per heavy atom. The second-order valence-electron chi connectivity index (χ2n) is 4.99. The van der Waals surface area contributed by atoms with Crippen LogP contribution in [0.5, 0.6) is 0 Å². The van der Waals surface area contributed by atoms with Gasteiger partial charge in [-0.2, -0.15) is 5.10 Å². The van der Waals surface area contributed by atoms with Crippen LogP contribution in [0.3, 0.4) is 0 Å². The van der Waals surface area contributed by atoms with Crippen LogP contribution in [0.2, 0.25) is 0 Å². The average Bonchev–Trinajstić information content (AvgIpc) is 2.78. The molecule has 108 valence electrons. The summed E-state index contributed by atoms with van der Waals surface area (Å²) in [4.78, 5) is 0. The van der Waals surface area contributed by atoms with E-state index in [1.807, 2.05) is 6.92 Å². The Kier molecular flexibility index (Phi) is 4.95. The number of H-pyrrole nitrogens is 1. The SMILES string of the molecule is CCNCc1cn[nH]c1S(=O)(=O)NCCC1CCC1. The Balaban J connectivity index is 1.91. The van der Waals surface area contributed by atoms with E-state index in [1.54, 1.807) is 6.20 Å². The van der Waals surface area contributed by atoms with Crippen molar-refractivity contribution in [2.24, 2.45) is 5.92 Å². The Morgan fingerprint density at radius 1 is 1.47 bits per heavy atom. The summed E-state index contributed by atoms with van der Waals surface area (Å²) in [5, 5.41) is 9.69. The Labute approximate surface area is 114 Å². The molecule has 1 saturated carbocycles. The zero-order valence-corrected chi connectivity index (χ0v) is 12.1. The van der Waals surface area contributed by atoms with Gasteiger partial charge < -0.3 is 5.32 Å². The van der Waals surface area contributed by atoms with Crippen molar-refractivity contribution in [1.29, 1.82) is 0 Å². The van der Waals surface area contributed by atoms with Crippen LogP contribution in [0.1, 0.15) is 38.2 Å². The predicted molar refractivity (Wildman–Crippen MR) is 73.1 cm³/mol. The molecule has 0 amide bonds. The van der Waals surface area contributed by atoms with E-state index in [4.69, 9.17) is 0 Å². The van der Waals surface area contributed by atoms with Crippen LogP contribution in [0.15, 0.2) is 11.2 Å². The van der Waals surface area contributed by atoms with Crippen LogP contribution >= 0.6 is 0 Å². The number of aromatic nitrogens is 2. The fourth-order valence-corrected chi connectivity index (χ4v) is 3.34. The van der Waals surface area contributed by atoms with E-state index in [1.165, 1.54) is 19.3 Å². The molecule has 3 N–H and O–H groups in total. The first-order valence-electron chi connectivity index (χ1n) is 6.86. The number of aromatic amines is 1. The maximum absolute atomic E-state index is 12.2. The van der Waals surface area contributed by atoms with Crippen LogP contribution < -0.4 is 10.0 Å². The summed E-state index contributed by atoms with van der Waals surface area (Å²) in [5.41, 5.74) is 0.679. The molecule has 1 heterocycles. The van der Waals surface area contributed by atoms with E-state index in [-0.39, 0.29) is 5.03 Å². The van der Waals surface area contributed by atoms with Gasteiger partial charge in [-0.1, -0.05) is 26.2 Å². The molecule has 1 fully saturated rings. The van der Waals surface area contributed by atoms with Crippen LogP contribution in [0, 0.1) is 5.92 Å². The monoisotopic (exact) mass is 286 g/mol. The second kappa shape index (κ2) is 6.49. The molecule has 6 nitrogen and oxygen atoms in total. The van der Waals surface area contributed by atoms with Gasteiger partial charge in [0.05, 0.1) is 6.20 Å². The molecule has 0 aromatic carbocycles. The lowest BCUT2D eigenvalue weighted by molar-refractivity contribution is 0.297. The molecule has 19 heavy (non-hydrogen) atoms. The van der Waals surface area contributed by atoms with Gasteiger partial charge in [-0.15, -0.1) is 0 Å². The minimum atomic E-state index is -3.47. The van der Waals surface area contributed by atoms with Gasteiger partial charge >= 0.3 is 0 Å². The summed E-state index contributed by atoms with van der Waals surface area (Å²) >= 11 is 0. The first-order valence-corrected chi connectivity index (χ1v) is 8.34. The molecule has 0 aliphatic heterocycles. The van der Waals surface area contributed by atoms with E-state index >= 15 is 0 Å².